The van der Waals surface area contributed by atoms with Gasteiger partial charge < -0.3 is 4.90 Å². The summed E-state index contributed by atoms with van der Waals surface area (Å²) < 4.78 is 2.07. The molecule has 0 saturated carbocycles. The molecule has 0 bridgehead atoms. The van der Waals surface area contributed by atoms with E-state index in [1.807, 2.05) is 65.6 Å². The monoisotopic (exact) mass is 488 g/mol. The van der Waals surface area contributed by atoms with Crippen LogP contribution in [-0.4, -0.2) is 37.9 Å². The van der Waals surface area contributed by atoms with Crippen LogP contribution in [0.2, 0.25) is 5.02 Å². The second-order valence-electron chi connectivity index (χ2n) is 8.27. The minimum absolute atomic E-state index is 0.224. The van der Waals surface area contributed by atoms with E-state index in [-0.39, 0.29) is 5.91 Å². The number of para-hydroxylation sites is 1. The van der Waals surface area contributed by atoms with Crippen LogP contribution in [0.25, 0.3) is 17.1 Å². The highest BCUT2D eigenvalue weighted by atomic mass is 35.5. The topological polar surface area (TPSA) is 51.0 Å². The van der Waals surface area contributed by atoms with Gasteiger partial charge in [0.1, 0.15) is 0 Å². The van der Waals surface area contributed by atoms with Gasteiger partial charge in [-0.05, 0) is 60.4 Å². The van der Waals surface area contributed by atoms with Crippen LogP contribution in [-0.2, 0) is 17.8 Å². The Bertz CT molecular complexity index is 1270. The molecule has 1 aromatic heterocycles. The highest BCUT2D eigenvalue weighted by Crippen LogP contribution is 2.29. The maximum absolute atomic E-state index is 12.8. The summed E-state index contributed by atoms with van der Waals surface area (Å²) in [6.45, 7) is 1.52. The first-order chi connectivity index (χ1) is 16.7. The highest BCUT2D eigenvalue weighted by Gasteiger charge is 2.20. The Kier molecular flexibility index (Phi) is 6.97. The van der Waals surface area contributed by atoms with Gasteiger partial charge in [0, 0.05) is 41.5 Å². The van der Waals surface area contributed by atoms with Crippen LogP contribution < -0.4 is 0 Å². The zero-order valence-electron chi connectivity index (χ0n) is 18.7. The van der Waals surface area contributed by atoms with E-state index < -0.39 is 0 Å². The predicted molar refractivity (Wildman–Crippen MR) is 137 cm³/mol. The molecule has 1 aliphatic rings. The van der Waals surface area contributed by atoms with Gasteiger partial charge in [0.2, 0.25) is 5.91 Å². The number of aromatic nitrogens is 3. The summed E-state index contributed by atoms with van der Waals surface area (Å²) in [5.41, 5.74) is 4.58. The van der Waals surface area contributed by atoms with Crippen LogP contribution in [0.1, 0.15) is 24.0 Å². The minimum atomic E-state index is 0.224. The molecule has 5 nitrogen and oxygen atoms in total. The van der Waals surface area contributed by atoms with Crippen LogP contribution in [0.3, 0.4) is 0 Å². The molecule has 0 saturated heterocycles. The zero-order chi connectivity index (χ0) is 23.3. The average Bonchev–Trinajstić information content (AvgIpc) is 3.31. The maximum Gasteiger partial charge on any atom is 0.222 e. The molecule has 0 spiro atoms. The van der Waals surface area contributed by atoms with Crippen molar-refractivity contribution in [3.8, 4) is 17.1 Å². The molecule has 1 amide bonds. The van der Waals surface area contributed by atoms with Gasteiger partial charge in [0.15, 0.2) is 11.0 Å². The van der Waals surface area contributed by atoms with Gasteiger partial charge in [0.05, 0.1) is 0 Å². The molecule has 0 atom stereocenters. The minimum Gasteiger partial charge on any atom is -0.338 e. The summed E-state index contributed by atoms with van der Waals surface area (Å²) in [4.78, 5) is 14.8. The first-order valence-electron chi connectivity index (χ1n) is 11.4. The second-order valence-corrected chi connectivity index (χ2v) is 9.77. The zero-order valence-corrected chi connectivity index (χ0v) is 20.3. The molecule has 3 aromatic carbocycles. The molecular formula is C27H25ClN4OS. The Labute approximate surface area is 208 Å². The van der Waals surface area contributed by atoms with Gasteiger partial charge >= 0.3 is 0 Å². The Hall–Kier alpha value is -3.09. The SMILES string of the molecule is O=C(CCCSc1nnc(-c2ccc(Cl)cc2)n1-c1ccccc1)N1CCc2ccccc2C1. The standard InChI is InChI=1S/C27H25ClN4OS/c28-23-14-12-21(13-15-23)26-29-30-27(32(26)24-9-2-1-3-10-24)34-18-6-11-25(33)31-17-16-20-7-4-5-8-22(20)19-31/h1-5,7-10,12-15H,6,11,16-19H2. The van der Waals surface area contributed by atoms with Crippen LogP contribution in [0, 0.1) is 0 Å². The third-order valence-corrected chi connectivity index (χ3v) is 7.27. The Morgan fingerprint density at radius 2 is 1.65 bits per heavy atom. The molecule has 5 rings (SSSR count). The van der Waals surface area contributed by atoms with E-state index >= 15 is 0 Å². The number of carbonyl (C=O) groups is 1. The van der Waals surface area contributed by atoms with Crippen molar-refractivity contribution in [2.24, 2.45) is 0 Å². The lowest BCUT2D eigenvalue weighted by atomic mass is 10.00. The van der Waals surface area contributed by atoms with Crippen molar-refractivity contribution in [2.45, 2.75) is 31.0 Å². The van der Waals surface area contributed by atoms with Gasteiger partial charge in [-0.2, -0.15) is 0 Å². The number of amides is 1. The predicted octanol–water partition coefficient (Wildman–Crippen LogP) is 6.04. The van der Waals surface area contributed by atoms with Crippen molar-refractivity contribution in [1.29, 1.82) is 0 Å². The normalized spacial score (nSPS) is 13.0. The molecule has 0 N–H and O–H groups in total. The lowest BCUT2D eigenvalue weighted by molar-refractivity contribution is -0.132. The van der Waals surface area contributed by atoms with Crippen molar-refractivity contribution in [1.82, 2.24) is 19.7 Å². The average molecular weight is 489 g/mol. The van der Waals surface area contributed by atoms with Crippen molar-refractivity contribution in [3.63, 3.8) is 0 Å². The smallest absolute Gasteiger partial charge is 0.222 e. The molecular weight excluding hydrogens is 464 g/mol. The highest BCUT2D eigenvalue weighted by molar-refractivity contribution is 7.99. The van der Waals surface area contributed by atoms with Gasteiger partial charge in [0.25, 0.3) is 0 Å². The Balaban J connectivity index is 1.24. The maximum atomic E-state index is 12.8. The molecule has 34 heavy (non-hydrogen) atoms. The number of halogens is 1. The lowest BCUT2D eigenvalue weighted by Crippen LogP contribution is -2.35. The number of fused-ring (bicyclic) bond motifs is 1. The third kappa shape index (κ3) is 5.03. The quantitative estimate of drug-likeness (QED) is 0.235. The molecule has 7 heteroatoms. The third-order valence-electron chi connectivity index (χ3n) is 6.00. The van der Waals surface area contributed by atoms with E-state index in [2.05, 4.69) is 33.0 Å². The van der Waals surface area contributed by atoms with E-state index in [4.69, 9.17) is 11.6 Å². The van der Waals surface area contributed by atoms with Crippen molar-refractivity contribution < 1.29 is 4.79 Å². The van der Waals surface area contributed by atoms with E-state index in [9.17, 15) is 4.79 Å². The number of nitrogens with zero attached hydrogens (tertiary/aromatic N) is 4. The molecule has 0 radical (unpaired) electrons. The van der Waals surface area contributed by atoms with Gasteiger partial charge in [-0.1, -0.05) is 65.8 Å². The first kappa shape index (κ1) is 22.7. The number of hydrogen-bond donors (Lipinski definition) is 0. The van der Waals surface area contributed by atoms with Gasteiger partial charge in [-0.3, -0.25) is 9.36 Å². The van der Waals surface area contributed by atoms with Gasteiger partial charge in [-0.25, -0.2) is 0 Å². The summed E-state index contributed by atoms with van der Waals surface area (Å²) in [6.07, 6.45) is 2.27. The van der Waals surface area contributed by atoms with E-state index in [0.29, 0.717) is 11.4 Å². The lowest BCUT2D eigenvalue weighted by Gasteiger charge is -2.29. The fourth-order valence-corrected chi connectivity index (χ4v) is 5.23. The summed E-state index contributed by atoms with van der Waals surface area (Å²) >= 11 is 7.70. The Morgan fingerprint density at radius 3 is 2.44 bits per heavy atom. The van der Waals surface area contributed by atoms with E-state index in [1.54, 1.807) is 11.8 Å². The summed E-state index contributed by atoms with van der Waals surface area (Å²) in [5, 5.41) is 10.4. The van der Waals surface area contributed by atoms with Crippen LogP contribution in [0.15, 0.2) is 84.0 Å². The molecule has 2 heterocycles. The molecule has 1 aliphatic heterocycles. The number of rotatable bonds is 7. The molecule has 0 aliphatic carbocycles. The number of benzene rings is 3. The Morgan fingerprint density at radius 1 is 0.912 bits per heavy atom. The first-order valence-corrected chi connectivity index (χ1v) is 12.8. The number of carbonyl (C=O) groups excluding carboxylic acids is 1. The van der Waals surface area contributed by atoms with Crippen LogP contribution in [0.5, 0.6) is 0 Å². The second kappa shape index (κ2) is 10.5. The van der Waals surface area contributed by atoms with Crippen molar-refractivity contribution in [2.75, 3.05) is 12.3 Å². The summed E-state index contributed by atoms with van der Waals surface area (Å²) in [5.74, 6) is 1.79. The summed E-state index contributed by atoms with van der Waals surface area (Å²) in [6, 6.07) is 26.1. The molecule has 0 fully saturated rings. The van der Waals surface area contributed by atoms with Crippen LogP contribution in [0.4, 0.5) is 0 Å². The van der Waals surface area contributed by atoms with Crippen LogP contribution >= 0.6 is 23.4 Å². The summed E-state index contributed by atoms with van der Waals surface area (Å²) in [7, 11) is 0. The fourth-order valence-electron chi connectivity index (χ4n) is 4.21. The molecule has 172 valence electrons. The van der Waals surface area contributed by atoms with E-state index in [0.717, 1.165) is 53.9 Å². The van der Waals surface area contributed by atoms with Gasteiger partial charge in [-0.15, -0.1) is 10.2 Å². The molecule has 4 aromatic rings. The fraction of sp³-hybridized carbons (Fsp3) is 0.222. The van der Waals surface area contributed by atoms with Crippen molar-refractivity contribution >= 4 is 29.3 Å². The number of thioether (sulfide) groups is 1. The largest absolute Gasteiger partial charge is 0.338 e. The molecule has 0 unspecified atom stereocenters. The number of hydrogen-bond acceptors (Lipinski definition) is 4. The van der Waals surface area contributed by atoms with E-state index in [1.165, 1.54) is 11.1 Å². The van der Waals surface area contributed by atoms with Crippen molar-refractivity contribution in [3.05, 3.63) is 95.0 Å².